The number of nitrogens with zero attached hydrogens (tertiary/aromatic N) is 3. The van der Waals surface area contributed by atoms with Gasteiger partial charge in [-0.05, 0) is 30.2 Å². The predicted octanol–water partition coefficient (Wildman–Crippen LogP) is 2.17. The summed E-state index contributed by atoms with van der Waals surface area (Å²) in [6, 6.07) is 3.07. The van der Waals surface area contributed by atoms with Crippen LogP contribution in [0.25, 0.3) is 0 Å². The van der Waals surface area contributed by atoms with Crippen LogP contribution < -0.4 is 0 Å². The quantitative estimate of drug-likeness (QED) is 0.767. The Kier molecular flexibility index (Phi) is 3.05. The Balaban J connectivity index is 2.30. The molecule has 0 N–H and O–H groups in total. The molecule has 0 unspecified atom stereocenters. The molecule has 0 aliphatic rings. The van der Waals surface area contributed by atoms with E-state index >= 15 is 0 Å². The summed E-state index contributed by atoms with van der Waals surface area (Å²) in [5.41, 5.74) is 0.410. The van der Waals surface area contributed by atoms with Crippen molar-refractivity contribution in [2.24, 2.45) is 0 Å². The van der Waals surface area contributed by atoms with Crippen LogP contribution in [0, 0.1) is 0 Å². The summed E-state index contributed by atoms with van der Waals surface area (Å²) < 4.78 is 6.60. The van der Waals surface area contributed by atoms with E-state index in [9.17, 15) is 4.79 Å². The molecule has 2 aromatic rings. The predicted molar refractivity (Wildman–Crippen MR) is 57.5 cm³/mol. The number of rotatable bonds is 4. The maximum Gasteiger partial charge on any atom is 0.247 e. The van der Waals surface area contributed by atoms with Crippen LogP contribution in [-0.2, 0) is 6.54 Å². The van der Waals surface area contributed by atoms with Crippen LogP contribution in [0.5, 0.6) is 0 Å². The van der Waals surface area contributed by atoms with Gasteiger partial charge in [-0.1, -0.05) is 12.1 Å². The third kappa shape index (κ3) is 1.99. The molecule has 6 heteroatoms. The lowest BCUT2D eigenvalue weighted by atomic mass is 10.2. The Hall–Kier alpha value is -1.62. The molecule has 0 aromatic carbocycles. The normalized spacial score (nSPS) is 10.6. The molecule has 16 heavy (non-hydrogen) atoms. The summed E-state index contributed by atoms with van der Waals surface area (Å²) in [5, 5.41) is 7.73. The summed E-state index contributed by atoms with van der Waals surface area (Å²) in [6.07, 6.45) is 2.30. The lowest BCUT2D eigenvalue weighted by molar-refractivity contribution is 0.0999. The highest BCUT2D eigenvalue weighted by Crippen LogP contribution is 2.16. The van der Waals surface area contributed by atoms with Crippen LogP contribution in [0.4, 0.5) is 0 Å². The number of hydrogen-bond acceptors (Lipinski definition) is 4. The van der Waals surface area contributed by atoms with Gasteiger partial charge in [0.1, 0.15) is 5.69 Å². The molecular weight excluding hydrogens is 230 g/mol. The molecule has 0 bridgehead atoms. The molecule has 2 aromatic heterocycles. The Morgan fingerprint density at radius 1 is 1.56 bits per heavy atom. The third-order valence-corrected chi connectivity index (χ3v) is 2.29. The van der Waals surface area contributed by atoms with Crippen molar-refractivity contribution in [3.8, 4) is 0 Å². The second-order valence-electron chi connectivity index (χ2n) is 3.28. The minimum absolute atomic E-state index is 0.192. The molecular formula is C10H10ClN3O2. The van der Waals surface area contributed by atoms with Gasteiger partial charge in [-0.15, -0.1) is 5.10 Å². The highest BCUT2D eigenvalue weighted by Gasteiger charge is 2.18. The average molecular weight is 240 g/mol. The molecule has 2 heterocycles. The summed E-state index contributed by atoms with van der Waals surface area (Å²) >= 11 is 5.61. The van der Waals surface area contributed by atoms with Crippen molar-refractivity contribution < 1.29 is 9.21 Å². The van der Waals surface area contributed by atoms with Gasteiger partial charge in [-0.3, -0.25) is 4.79 Å². The monoisotopic (exact) mass is 239 g/mol. The van der Waals surface area contributed by atoms with Gasteiger partial charge in [-0.25, -0.2) is 4.68 Å². The van der Waals surface area contributed by atoms with E-state index in [4.69, 9.17) is 16.0 Å². The molecule has 0 saturated heterocycles. The van der Waals surface area contributed by atoms with Gasteiger partial charge in [0, 0.05) is 6.54 Å². The zero-order chi connectivity index (χ0) is 11.5. The molecule has 0 spiro atoms. The van der Waals surface area contributed by atoms with E-state index in [1.54, 1.807) is 4.68 Å². The van der Waals surface area contributed by atoms with Crippen molar-refractivity contribution in [2.45, 2.75) is 19.9 Å². The number of aryl methyl sites for hydroxylation is 1. The van der Waals surface area contributed by atoms with Crippen LogP contribution in [0.2, 0.25) is 5.22 Å². The second-order valence-corrected chi connectivity index (χ2v) is 3.65. The van der Waals surface area contributed by atoms with Crippen molar-refractivity contribution in [3.63, 3.8) is 0 Å². The lowest BCUT2D eigenvalue weighted by Gasteiger charge is -2.01. The Labute approximate surface area is 97.0 Å². The van der Waals surface area contributed by atoms with Crippen LogP contribution in [0.1, 0.15) is 29.6 Å². The first-order valence-corrected chi connectivity index (χ1v) is 5.28. The highest BCUT2D eigenvalue weighted by atomic mass is 35.5. The average Bonchev–Trinajstić information content (AvgIpc) is 2.87. The molecule has 0 aliphatic heterocycles. The van der Waals surface area contributed by atoms with Gasteiger partial charge in [0.2, 0.25) is 5.78 Å². The number of furan rings is 1. The van der Waals surface area contributed by atoms with Gasteiger partial charge in [0.25, 0.3) is 0 Å². The fraction of sp³-hybridized carbons (Fsp3) is 0.300. The minimum Gasteiger partial charge on any atom is -0.441 e. The van der Waals surface area contributed by atoms with E-state index in [1.165, 1.54) is 18.3 Å². The third-order valence-electron chi connectivity index (χ3n) is 2.08. The minimum atomic E-state index is -0.259. The summed E-state index contributed by atoms with van der Waals surface area (Å²) in [6.45, 7) is 2.65. The van der Waals surface area contributed by atoms with E-state index in [-0.39, 0.29) is 16.8 Å². The van der Waals surface area contributed by atoms with E-state index in [2.05, 4.69) is 10.3 Å². The number of halogens is 1. The lowest BCUT2D eigenvalue weighted by Crippen LogP contribution is -2.10. The molecule has 5 nitrogen and oxygen atoms in total. The SMILES string of the molecule is CCCn1nncc1C(=O)c1ccc(Cl)o1. The molecule has 84 valence electrons. The number of hydrogen-bond donors (Lipinski definition) is 0. The van der Waals surface area contributed by atoms with Gasteiger partial charge in [0.15, 0.2) is 11.0 Å². The fourth-order valence-corrected chi connectivity index (χ4v) is 1.52. The van der Waals surface area contributed by atoms with Gasteiger partial charge < -0.3 is 4.42 Å². The largest absolute Gasteiger partial charge is 0.441 e. The molecule has 0 amide bonds. The zero-order valence-electron chi connectivity index (χ0n) is 8.68. The molecule has 0 aliphatic carbocycles. The van der Waals surface area contributed by atoms with Gasteiger partial charge in [-0.2, -0.15) is 0 Å². The Bertz CT molecular complexity index is 504. The summed E-state index contributed by atoms with van der Waals surface area (Å²) in [5.74, 6) is -0.0602. The Morgan fingerprint density at radius 2 is 2.38 bits per heavy atom. The fourth-order valence-electron chi connectivity index (χ4n) is 1.37. The van der Waals surface area contributed by atoms with Gasteiger partial charge >= 0.3 is 0 Å². The van der Waals surface area contributed by atoms with Gasteiger partial charge in [0.05, 0.1) is 6.20 Å². The van der Waals surface area contributed by atoms with Crippen LogP contribution in [0.3, 0.4) is 0 Å². The Morgan fingerprint density at radius 3 is 3.00 bits per heavy atom. The molecule has 2 rings (SSSR count). The van der Waals surface area contributed by atoms with Crippen LogP contribution in [-0.4, -0.2) is 20.8 Å². The second kappa shape index (κ2) is 4.49. The molecule has 0 saturated carbocycles. The maximum atomic E-state index is 12.0. The first-order valence-electron chi connectivity index (χ1n) is 4.91. The van der Waals surface area contributed by atoms with Crippen molar-refractivity contribution in [1.29, 1.82) is 0 Å². The van der Waals surface area contributed by atoms with E-state index < -0.39 is 0 Å². The van der Waals surface area contributed by atoms with Crippen LogP contribution >= 0.6 is 11.6 Å². The number of carbonyl (C=O) groups is 1. The molecule has 0 atom stereocenters. The van der Waals surface area contributed by atoms with E-state index in [0.717, 1.165) is 6.42 Å². The smallest absolute Gasteiger partial charge is 0.247 e. The first kappa shape index (κ1) is 10.9. The topological polar surface area (TPSA) is 60.9 Å². The highest BCUT2D eigenvalue weighted by molar-refractivity contribution is 6.29. The summed E-state index contributed by atoms with van der Waals surface area (Å²) in [4.78, 5) is 12.0. The van der Waals surface area contributed by atoms with Crippen molar-refractivity contribution in [2.75, 3.05) is 0 Å². The van der Waals surface area contributed by atoms with Crippen molar-refractivity contribution in [1.82, 2.24) is 15.0 Å². The number of aromatic nitrogens is 3. The van der Waals surface area contributed by atoms with Crippen molar-refractivity contribution in [3.05, 3.63) is 35.0 Å². The van der Waals surface area contributed by atoms with Crippen molar-refractivity contribution >= 4 is 17.4 Å². The number of carbonyl (C=O) groups excluding carboxylic acids is 1. The standard InChI is InChI=1S/C10H10ClN3O2/c1-2-5-14-7(6-12-13-14)10(15)8-3-4-9(11)16-8/h3-4,6H,2,5H2,1H3. The number of ketones is 1. The molecule has 0 radical (unpaired) electrons. The zero-order valence-corrected chi connectivity index (χ0v) is 9.44. The first-order chi connectivity index (χ1) is 7.72. The van der Waals surface area contributed by atoms with E-state index in [0.29, 0.717) is 12.2 Å². The van der Waals surface area contributed by atoms with E-state index in [1.807, 2.05) is 6.92 Å². The van der Waals surface area contributed by atoms with Crippen LogP contribution in [0.15, 0.2) is 22.7 Å². The molecule has 0 fully saturated rings. The maximum absolute atomic E-state index is 12.0. The summed E-state index contributed by atoms with van der Waals surface area (Å²) in [7, 11) is 0.